The fraction of sp³-hybridized carbons (Fsp3) is 0.625. The highest BCUT2D eigenvalue weighted by Crippen LogP contribution is 2.23. The third kappa shape index (κ3) is 3.57. The zero-order chi connectivity index (χ0) is 14.5. The lowest BCUT2D eigenvalue weighted by molar-refractivity contribution is 0.0600. The molecule has 1 aliphatic heterocycles. The maximum absolute atomic E-state index is 12.7. The summed E-state index contributed by atoms with van der Waals surface area (Å²) < 4.78 is 0. The summed E-state index contributed by atoms with van der Waals surface area (Å²) in [5.74, 6) is 0.00986. The van der Waals surface area contributed by atoms with Gasteiger partial charge in [-0.3, -0.25) is 9.78 Å². The van der Waals surface area contributed by atoms with E-state index in [0.29, 0.717) is 12.1 Å². The summed E-state index contributed by atoms with van der Waals surface area (Å²) in [6.07, 6.45) is 6.23. The van der Waals surface area contributed by atoms with E-state index in [1.165, 1.54) is 0 Å². The molecule has 4 heteroatoms. The van der Waals surface area contributed by atoms with E-state index in [-0.39, 0.29) is 18.1 Å². The van der Waals surface area contributed by atoms with Crippen LogP contribution in [0.25, 0.3) is 0 Å². The summed E-state index contributed by atoms with van der Waals surface area (Å²) in [6, 6.07) is 3.90. The molecule has 1 aliphatic rings. The van der Waals surface area contributed by atoms with Gasteiger partial charge < -0.3 is 10.0 Å². The standard InChI is InChI=1S/C16H24N2O2/c1-12-7-6-9-17-15(12)16(20)18-10-5-3-4-8-14(18)11-13(2)19/h6-7,9,13-14,19H,3-5,8,10-11H2,1-2H3. The van der Waals surface area contributed by atoms with Crippen LogP contribution >= 0.6 is 0 Å². The van der Waals surface area contributed by atoms with E-state index in [2.05, 4.69) is 4.98 Å². The summed E-state index contributed by atoms with van der Waals surface area (Å²) >= 11 is 0. The number of carbonyl (C=O) groups is 1. The number of aliphatic hydroxyl groups excluding tert-OH is 1. The minimum Gasteiger partial charge on any atom is -0.393 e. The van der Waals surface area contributed by atoms with Crippen molar-refractivity contribution in [3.05, 3.63) is 29.6 Å². The third-order valence-electron chi connectivity index (χ3n) is 3.96. The molecule has 0 spiro atoms. The number of rotatable bonds is 3. The molecule has 2 heterocycles. The molecule has 1 amide bonds. The van der Waals surface area contributed by atoms with Crippen molar-refractivity contribution in [1.82, 2.24) is 9.88 Å². The van der Waals surface area contributed by atoms with Crippen LogP contribution in [0.2, 0.25) is 0 Å². The number of carbonyl (C=O) groups excluding carboxylic acids is 1. The van der Waals surface area contributed by atoms with Gasteiger partial charge in [0.1, 0.15) is 5.69 Å². The molecule has 0 radical (unpaired) electrons. The van der Waals surface area contributed by atoms with Crippen molar-refractivity contribution in [2.45, 2.75) is 58.1 Å². The average molecular weight is 276 g/mol. The minimum atomic E-state index is -0.377. The van der Waals surface area contributed by atoms with E-state index in [9.17, 15) is 9.90 Å². The van der Waals surface area contributed by atoms with E-state index in [1.807, 2.05) is 24.0 Å². The van der Waals surface area contributed by atoms with Gasteiger partial charge in [0, 0.05) is 18.8 Å². The Labute approximate surface area is 120 Å². The first-order chi connectivity index (χ1) is 9.59. The number of pyridine rings is 1. The predicted octanol–water partition coefficient (Wildman–Crippen LogP) is 2.55. The molecule has 2 unspecified atom stereocenters. The number of likely N-dealkylation sites (tertiary alicyclic amines) is 1. The lowest BCUT2D eigenvalue weighted by atomic mass is 10.0. The van der Waals surface area contributed by atoms with Gasteiger partial charge in [0.25, 0.3) is 5.91 Å². The molecular weight excluding hydrogens is 252 g/mol. The second kappa shape index (κ2) is 6.84. The van der Waals surface area contributed by atoms with Crippen LogP contribution in [0.15, 0.2) is 18.3 Å². The molecule has 1 N–H and O–H groups in total. The van der Waals surface area contributed by atoms with Crippen molar-refractivity contribution in [3.8, 4) is 0 Å². The van der Waals surface area contributed by atoms with Gasteiger partial charge in [-0.05, 0) is 44.7 Å². The van der Waals surface area contributed by atoms with Gasteiger partial charge >= 0.3 is 0 Å². The zero-order valence-electron chi connectivity index (χ0n) is 12.4. The Morgan fingerprint density at radius 3 is 3.00 bits per heavy atom. The largest absolute Gasteiger partial charge is 0.393 e. The topological polar surface area (TPSA) is 53.4 Å². The second-order valence-electron chi connectivity index (χ2n) is 5.76. The first-order valence-electron chi connectivity index (χ1n) is 7.50. The molecule has 0 aromatic carbocycles. The fourth-order valence-electron chi connectivity index (χ4n) is 2.93. The maximum Gasteiger partial charge on any atom is 0.272 e. The van der Waals surface area contributed by atoms with Crippen LogP contribution < -0.4 is 0 Å². The summed E-state index contributed by atoms with van der Waals surface area (Å²) in [5.41, 5.74) is 1.46. The Hall–Kier alpha value is -1.42. The predicted molar refractivity (Wildman–Crippen MR) is 78.6 cm³/mol. The van der Waals surface area contributed by atoms with Gasteiger partial charge in [0.05, 0.1) is 6.10 Å². The van der Waals surface area contributed by atoms with Gasteiger partial charge in [-0.25, -0.2) is 0 Å². The molecule has 4 nitrogen and oxygen atoms in total. The van der Waals surface area contributed by atoms with Crippen molar-refractivity contribution in [2.75, 3.05) is 6.54 Å². The molecular formula is C16H24N2O2. The fourth-order valence-corrected chi connectivity index (χ4v) is 2.93. The minimum absolute atomic E-state index is 0.00986. The van der Waals surface area contributed by atoms with Gasteiger partial charge in [-0.1, -0.05) is 18.9 Å². The molecule has 0 saturated carbocycles. The highest BCUT2D eigenvalue weighted by Gasteiger charge is 2.28. The van der Waals surface area contributed by atoms with Crippen LogP contribution in [-0.4, -0.2) is 39.6 Å². The van der Waals surface area contributed by atoms with E-state index in [1.54, 1.807) is 13.1 Å². The van der Waals surface area contributed by atoms with Gasteiger partial charge in [-0.15, -0.1) is 0 Å². The van der Waals surface area contributed by atoms with Crippen LogP contribution in [0.4, 0.5) is 0 Å². The molecule has 0 bridgehead atoms. The highest BCUT2D eigenvalue weighted by molar-refractivity contribution is 5.93. The van der Waals surface area contributed by atoms with Gasteiger partial charge in [0.2, 0.25) is 0 Å². The van der Waals surface area contributed by atoms with Crippen LogP contribution in [-0.2, 0) is 0 Å². The van der Waals surface area contributed by atoms with Crippen LogP contribution in [0.1, 0.15) is 55.1 Å². The van der Waals surface area contributed by atoms with Crippen molar-refractivity contribution in [1.29, 1.82) is 0 Å². The number of aromatic nitrogens is 1. The Balaban J connectivity index is 2.21. The molecule has 110 valence electrons. The summed E-state index contributed by atoms with van der Waals surface area (Å²) in [7, 11) is 0. The van der Waals surface area contributed by atoms with Crippen molar-refractivity contribution < 1.29 is 9.90 Å². The lowest BCUT2D eigenvalue weighted by Crippen LogP contribution is -2.42. The van der Waals surface area contributed by atoms with Gasteiger partial charge in [-0.2, -0.15) is 0 Å². The molecule has 20 heavy (non-hydrogen) atoms. The number of hydrogen-bond donors (Lipinski definition) is 1. The summed E-state index contributed by atoms with van der Waals surface area (Å²) in [5, 5.41) is 9.67. The zero-order valence-corrected chi connectivity index (χ0v) is 12.4. The molecule has 1 aromatic heterocycles. The summed E-state index contributed by atoms with van der Waals surface area (Å²) in [4.78, 5) is 18.9. The van der Waals surface area contributed by atoms with Crippen molar-refractivity contribution in [2.24, 2.45) is 0 Å². The monoisotopic (exact) mass is 276 g/mol. The van der Waals surface area contributed by atoms with Crippen LogP contribution in [0, 0.1) is 6.92 Å². The van der Waals surface area contributed by atoms with Crippen molar-refractivity contribution in [3.63, 3.8) is 0 Å². The first kappa shape index (κ1) is 15.0. The molecule has 0 aliphatic carbocycles. The highest BCUT2D eigenvalue weighted by atomic mass is 16.3. The summed E-state index contributed by atoms with van der Waals surface area (Å²) in [6.45, 7) is 4.48. The van der Waals surface area contributed by atoms with Gasteiger partial charge in [0.15, 0.2) is 0 Å². The second-order valence-corrected chi connectivity index (χ2v) is 5.76. The van der Waals surface area contributed by atoms with E-state index in [0.717, 1.165) is 37.8 Å². The Morgan fingerprint density at radius 2 is 2.30 bits per heavy atom. The molecule has 2 rings (SSSR count). The number of aryl methyl sites for hydroxylation is 1. The normalized spacial score (nSPS) is 21.4. The van der Waals surface area contributed by atoms with E-state index < -0.39 is 0 Å². The number of aliphatic hydroxyl groups is 1. The lowest BCUT2D eigenvalue weighted by Gasteiger charge is -2.31. The molecule has 1 saturated heterocycles. The average Bonchev–Trinajstić information content (AvgIpc) is 2.63. The number of nitrogens with zero attached hydrogens (tertiary/aromatic N) is 2. The number of amides is 1. The SMILES string of the molecule is Cc1cccnc1C(=O)N1CCCCCC1CC(C)O. The first-order valence-corrected chi connectivity index (χ1v) is 7.50. The molecule has 2 atom stereocenters. The number of hydrogen-bond acceptors (Lipinski definition) is 3. The van der Waals surface area contributed by atoms with Crippen LogP contribution in [0.3, 0.4) is 0 Å². The molecule has 1 fully saturated rings. The maximum atomic E-state index is 12.7. The van der Waals surface area contributed by atoms with E-state index in [4.69, 9.17) is 0 Å². The Morgan fingerprint density at radius 1 is 1.50 bits per heavy atom. The van der Waals surface area contributed by atoms with E-state index >= 15 is 0 Å². The molecule has 1 aromatic rings. The quantitative estimate of drug-likeness (QED) is 0.923. The Kier molecular flexibility index (Phi) is 5.12. The Bertz CT molecular complexity index is 460. The van der Waals surface area contributed by atoms with Crippen LogP contribution in [0.5, 0.6) is 0 Å². The third-order valence-corrected chi connectivity index (χ3v) is 3.96. The van der Waals surface area contributed by atoms with Crippen molar-refractivity contribution >= 4 is 5.91 Å². The smallest absolute Gasteiger partial charge is 0.272 e.